The maximum atomic E-state index is 12.9. The lowest BCUT2D eigenvalue weighted by Crippen LogP contribution is -2.22. The molecule has 0 fully saturated rings. The number of nitrogens with one attached hydrogen (secondary N) is 2. The van der Waals surface area contributed by atoms with Gasteiger partial charge in [-0.05, 0) is 38.1 Å². The molecule has 0 spiro atoms. The Morgan fingerprint density at radius 2 is 2.12 bits per heavy atom. The van der Waals surface area contributed by atoms with E-state index in [1.54, 1.807) is 10.6 Å². The highest BCUT2D eigenvalue weighted by atomic mass is 16.1. The van der Waals surface area contributed by atoms with Gasteiger partial charge in [0.2, 0.25) is 5.91 Å². The van der Waals surface area contributed by atoms with Crippen LogP contribution in [0.3, 0.4) is 0 Å². The van der Waals surface area contributed by atoms with E-state index in [0.717, 1.165) is 16.6 Å². The minimum Gasteiger partial charge on any atom is -0.330 e. The van der Waals surface area contributed by atoms with Gasteiger partial charge >= 0.3 is 0 Å². The normalized spacial score (nSPS) is 11.3. The molecule has 1 amide bonds. The highest BCUT2D eigenvalue weighted by Crippen LogP contribution is 2.26. The molecule has 132 valence electrons. The third-order valence-electron chi connectivity index (χ3n) is 4.19. The molecule has 0 atom stereocenters. The van der Waals surface area contributed by atoms with E-state index in [2.05, 4.69) is 15.5 Å². The van der Waals surface area contributed by atoms with E-state index in [1.165, 1.54) is 0 Å². The van der Waals surface area contributed by atoms with E-state index in [4.69, 9.17) is 11.5 Å². The average molecular weight is 342 g/mol. The van der Waals surface area contributed by atoms with Crippen molar-refractivity contribution in [2.75, 3.05) is 18.4 Å². The van der Waals surface area contributed by atoms with E-state index >= 15 is 0 Å². The Bertz CT molecular complexity index is 988. The second-order valence-corrected chi connectivity index (χ2v) is 5.99. The highest BCUT2D eigenvalue weighted by molar-refractivity contribution is 6.06. The van der Waals surface area contributed by atoms with Crippen LogP contribution in [-0.4, -0.2) is 33.8 Å². The Morgan fingerprint density at radius 3 is 2.84 bits per heavy atom. The number of nitrogens with zero attached hydrogens (tertiary/aromatic N) is 2. The summed E-state index contributed by atoms with van der Waals surface area (Å²) in [5.74, 6) is -0.146. The number of amides is 1. The molecule has 8 nitrogen and oxygen atoms in total. The van der Waals surface area contributed by atoms with Crippen LogP contribution in [-0.2, 0) is 11.3 Å². The molecule has 0 saturated carbocycles. The van der Waals surface area contributed by atoms with Gasteiger partial charge in [0, 0.05) is 36.3 Å². The van der Waals surface area contributed by atoms with Crippen molar-refractivity contribution in [3.8, 4) is 0 Å². The van der Waals surface area contributed by atoms with E-state index < -0.39 is 0 Å². The van der Waals surface area contributed by atoms with Gasteiger partial charge in [0.05, 0.1) is 10.9 Å². The van der Waals surface area contributed by atoms with Gasteiger partial charge in [-0.3, -0.25) is 14.7 Å². The average Bonchev–Trinajstić information content (AvgIpc) is 2.97. The third kappa shape index (κ3) is 3.13. The first-order valence-electron chi connectivity index (χ1n) is 8.28. The summed E-state index contributed by atoms with van der Waals surface area (Å²) in [6.45, 7) is 3.15. The molecule has 0 aliphatic rings. The predicted molar refractivity (Wildman–Crippen MR) is 98.6 cm³/mol. The second-order valence-electron chi connectivity index (χ2n) is 5.99. The van der Waals surface area contributed by atoms with Crippen LogP contribution in [0.4, 0.5) is 5.69 Å². The van der Waals surface area contributed by atoms with Crippen molar-refractivity contribution in [1.82, 2.24) is 14.8 Å². The third-order valence-corrected chi connectivity index (χ3v) is 4.19. The molecule has 0 radical (unpaired) electrons. The van der Waals surface area contributed by atoms with Gasteiger partial charge in [0.1, 0.15) is 5.52 Å². The van der Waals surface area contributed by atoms with E-state index in [-0.39, 0.29) is 17.9 Å². The fourth-order valence-electron chi connectivity index (χ4n) is 2.99. The maximum absolute atomic E-state index is 12.9. The molecule has 8 heteroatoms. The number of aromatic amines is 1. The van der Waals surface area contributed by atoms with E-state index in [0.29, 0.717) is 42.6 Å². The zero-order valence-electron chi connectivity index (χ0n) is 14.1. The van der Waals surface area contributed by atoms with E-state index in [1.807, 2.05) is 19.1 Å². The van der Waals surface area contributed by atoms with Crippen LogP contribution in [0.15, 0.2) is 23.0 Å². The van der Waals surface area contributed by atoms with Crippen LogP contribution in [0.1, 0.15) is 18.5 Å². The van der Waals surface area contributed by atoms with Crippen molar-refractivity contribution in [2.45, 2.75) is 26.3 Å². The number of hydrogen-bond acceptors (Lipinski definition) is 5. The fourth-order valence-corrected chi connectivity index (χ4v) is 2.99. The monoisotopic (exact) mass is 342 g/mol. The van der Waals surface area contributed by atoms with Crippen molar-refractivity contribution in [1.29, 1.82) is 0 Å². The number of pyridine rings is 1. The summed E-state index contributed by atoms with van der Waals surface area (Å²) in [4.78, 5) is 24.7. The lowest BCUT2D eigenvalue weighted by Gasteiger charge is -2.12. The summed E-state index contributed by atoms with van der Waals surface area (Å²) in [6.07, 6.45) is 0.956. The fraction of sp³-hybridized carbons (Fsp3) is 0.353. The lowest BCUT2D eigenvalue weighted by molar-refractivity contribution is -0.116. The molecular formula is C17H22N6O2. The topological polar surface area (TPSA) is 132 Å². The summed E-state index contributed by atoms with van der Waals surface area (Å²) in [5, 5.41) is 11.4. The number of anilines is 1. The zero-order chi connectivity index (χ0) is 18.0. The number of aryl methyl sites for hydroxylation is 2. The van der Waals surface area contributed by atoms with Crippen LogP contribution >= 0.6 is 0 Å². The largest absolute Gasteiger partial charge is 0.330 e. The number of carbonyl (C=O) groups excluding carboxylic acids is 1. The minimum absolute atomic E-state index is 0.0814. The smallest absolute Gasteiger partial charge is 0.262 e. The number of aromatic nitrogens is 3. The van der Waals surface area contributed by atoms with Crippen molar-refractivity contribution >= 4 is 33.4 Å². The molecule has 0 aliphatic heterocycles. The predicted octanol–water partition coefficient (Wildman–Crippen LogP) is 0.822. The molecule has 0 saturated heterocycles. The SMILES string of the molecule is Cc1[nH]nc2c1c(=O)n(CCCN)c1ccc(NC(=O)CCN)cc21. The highest BCUT2D eigenvalue weighted by Gasteiger charge is 2.16. The van der Waals surface area contributed by atoms with Crippen LogP contribution in [0, 0.1) is 6.92 Å². The lowest BCUT2D eigenvalue weighted by atomic mass is 10.1. The van der Waals surface area contributed by atoms with Gasteiger partial charge in [0.25, 0.3) is 5.56 Å². The Morgan fingerprint density at radius 1 is 1.32 bits per heavy atom. The van der Waals surface area contributed by atoms with Gasteiger partial charge in [-0.15, -0.1) is 0 Å². The van der Waals surface area contributed by atoms with Crippen molar-refractivity contribution in [3.63, 3.8) is 0 Å². The molecule has 0 aliphatic carbocycles. The zero-order valence-corrected chi connectivity index (χ0v) is 14.1. The van der Waals surface area contributed by atoms with Crippen molar-refractivity contribution in [3.05, 3.63) is 34.2 Å². The number of hydrogen-bond donors (Lipinski definition) is 4. The molecule has 3 aromatic rings. The standard InChI is InChI=1S/C17H22N6O2/c1-10-15-16(22-21-10)12-9-11(20-14(24)5-7-19)3-4-13(12)23(17(15)25)8-2-6-18/h3-4,9H,2,5-8,18-19H2,1H3,(H,20,24)(H,21,22). The summed E-state index contributed by atoms with van der Waals surface area (Å²) in [7, 11) is 0. The Kier molecular flexibility index (Phi) is 4.82. The summed E-state index contributed by atoms with van der Waals surface area (Å²) < 4.78 is 1.72. The van der Waals surface area contributed by atoms with Crippen LogP contribution < -0.4 is 22.3 Å². The number of nitrogens with two attached hydrogens (primary N) is 2. The van der Waals surface area contributed by atoms with Crippen molar-refractivity contribution < 1.29 is 4.79 Å². The maximum Gasteiger partial charge on any atom is 0.262 e. The molecular weight excluding hydrogens is 320 g/mol. The molecule has 6 N–H and O–H groups in total. The first kappa shape index (κ1) is 17.1. The Labute approximate surface area is 144 Å². The number of carbonyl (C=O) groups is 1. The van der Waals surface area contributed by atoms with Gasteiger partial charge in [-0.2, -0.15) is 5.10 Å². The van der Waals surface area contributed by atoms with Gasteiger partial charge in [-0.25, -0.2) is 0 Å². The summed E-state index contributed by atoms with van der Waals surface area (Å²) >= 11 is 0. The first-order chi connectivity index (χ1) is 12.1. The van der Waals surface area contributed by atoms with E-state index in [9.17, 15) is 9.59 Å². The van der Waals surface area contributed by atoms with Crippen LogP contribution in [0.25, 0.3) is 21.8 Å². The second kappa shape index (κ2) is 7.04. The molecule has 0 unspecified atom stereocenters. The molecule has 25 heavy (non-hydrogen) atoms. The van der Waals surface area contributed by atoms with Gasteiger partial charge < -0.3 is 21.4 Å². The Hall–Kier alpha value is -2.71. The van der Waals surface area contributed by atoms with Gasteiger partial charge in [0.15, 0.2) is 0 Å². The molecule has 1 aromatic carbocycles. The van der Waals surface area contributed by atoms with Crippen molar-refractivity contribution in [2.24, 2.45) is 11.5 Å². The van der Waals surface area contributed by atoms with Gasteiger partial charge in [-0.1, -0.05) is 0 Å². The Balaban J connectivity index is 2.21. The van der Waals surface area contributed by atoms with Crippen LogP contribution in [0.2, 0.25) is 0 Å². The quantitative estimate of drug-likeness (QED) is 0.526. The number of benzene rings is 1. The summed E-state index contributed by atoms with van der Waals surface area (Å²) in [5.41, 5.74) is 13.7. The molecule has 0 bridgehead atoms. The molecule has 2 heterocycles. The van der Waals surface area contributed by atoms with Crippen LogP contribution in [0.5, 0.6) is 0 Å². The number of rotatable bonds is 6. The minimum atomic E-state index is -0.146. The first-order valence-corrected chi connectivity index (χ1v) is 8.28. The molecule has 3 rings (SSSR count). The number of H-pyrrole nitrogens is 1. The molecule has 2 aromatic heterocycles. The summed E-state index contributed by atoms with van der Waals surface area (Å²) in [6, 6.07) is 5.44. The number of fused-ring (bicyclic) bond motifs is 3.